The van der Waals surface area contributed by atoms with Crippen molar-refractivity contribution in [3.8, 4) is 0 Å². The van der Waals surface area contributed by atoms with Crippen molar-refractivity contribution in [2.75, 3.05) is 38.3 Å². The molecule has 1 aromatic carbocycles. The molecule has 1 aliphatic heterocycles. The Morgan fingerprint density at radius 3 is 2.53 bits per heavy atom. The molecule has 0 unspecified atom stereocenters. The maximum atomic E-state index is 5.04. The second-order valence-corrected chi connectivity index (χ2v) is 5.24. The van der Waals surface area contributed by atoms with Crippen LogP contribution in [0.2, 0.25) is 0 Å². The molecular weight excluding hydrogens is 236 g/mol. The lowest BCUT2D eigenvalue weighted by atomic mass is 10.2. The lowest BCUT2D eigenvalue weighted by Crippen LogP contribution is -2.18. The normalized spacial score (nSPS) is 15.1. The van der Waals surface area contributed by atoms with Crippen molar-refractivity contribution >= 4 is 5.69 Å². The van der Waals surface area contributed by atoms with E-state index in [9.17, 15) is 0 Å². The van der Waals surface area contributed by atoms with Crippen LogP contribution in [0, 0.1) is 0 Å². The molecule has 1 N–H and O–H groups in total. The van der Waals surface area contributed by atoms with Gasteiger partial charge in [0.15, 0.2) is 0 Å². The van der Waals surface area contributed by atoms with Crippen molar-refractivity contribution in [1.29, 1.82) is 0 Å². The van der Waals surface area contributed by atoms with Crippen LogP contribution in [-0.4, -0.2) is 33.4 Å². The van der Waals surface area contributed by atoms with E-state index in [2.05, 4.69) is 34.5 Å². The third-order valence-corrected chi connectivity index (χ3v) is 3.69. The minimum Gasteiger partial charge on any atom is -0.385 e. The zero-order valence-corrected chi connectivity index (χ0v) is 12.0. The van der Waals surface area contributed by atoms with Crippen LogP contribution in [-0.2, 0) is 11.3 Å². The number of benzene rings is 1. The van der Waals surface area contributed by atoms with E-state index in [1.165, 1.54) is 43.6 Å². The largest absolute Gasteiger partial charge is 0.385 e. The number of hydrogen-bond donors (Lipinski definition) is 1. The van der Waals surface area contributed by atoms with Crippen molar-refractivity contribution < 1.29 is 4.74 Å². The van der Waals surface area contributed by atoms with E-state index in [4.69, 9.17) is 4.74 Å². The summed E-state index contributed by atoms with van der Waals surface area (Å²) in [7, 11) is 1.76. The highest BCUT2D eigenvalue weighted by Gasteiger charge is 2.11. The Kier molecular flexibility index (Phi) is 6.18. The summed E-state index contributed by atoms with van der Waals surface area (Å²) < 4.78 is 5.04. The van der Waals surface area contributed by atoms with Gasteiger partial charge in [0, 0.05) is 39.0 Å². The Morgan fingerprint density at radius 1 is 1.11 bits per heavy atom. The van der Waals surface area contributed by atoms with Gasteiger partial charge < -0.3 is 15.0 Å². The number of nitrogens with zero attached hydrogens (tertiary/aromatic N) is 1. The first-order valence-corrected chi connectivity index (χ1v) is 7.44. The highest BCUT2D eigenvalue weighted by Crippen LogP contribution is 2.20. The van der Waals surface area contributed by atoms with Crippen molar-refractivity contribution in [3.05, 3.63) is 29.8 Å². The van der Waals surface area contributed by atoms with E-state index >= 15 is 0 Å². The van der Waals surface area contributed by atoms with E-state index in [0.29, 0.717) is 0 Å². The van der Waals surface area contributed by atoms with Crippen LogP contribution in [0.15, 0.2) is 24.3 Å². The van der Waals surface area contributed by atoms with Crippen LogP contribution in [0.5, 0.6) is 0 Å². The van der Waals surface area contributed by atoms with E-state index < -0.39 is 0 Å². The standard InChI is InChI=1S/C16H26N2O/c1-19-13-5-2-10-17-14-15-6-8-16(9-7-15)18-11-3-4-12-18/h6-9,17H,2-5,10-14H2,1H3. The minimum absolute atomic E-state index is 0.867. The van der Waals surface area contributed by atoms with E-state index in [1.807, 2.05) is 0 Å². The van der Waals surface area contributed by atoms with Crippen molar-refractivity contribution in [2.45, 2.75) is 32.2 Å². The maximum absolute atomic E-state index is 5.04. The fraction of sp³-hybridized carbons (Fsp3) is 0.625. The van der Waals surface area contributed by atoms with Crippen LogP contribution in [0.3, 0.4) is 0 Å². The second kappa shape index (κ2) is 8.18. The molecule has 106 valence electrons. The van der Waals surface area contributed by atoms with Gasteiger partial charge in [0.25, 0.3) is 0 Å². The van der Waals surface area contributed by atoms with Gasteiger partial charge in [-0.25, -0.2) is 0 Å². The number of hydrogen-bond acceptors (Lipinski definition) is 3. The summed E-state index contributed by atoms with van der Waals surface area (Å²) >= 11 is 0. The van der Waals surface area contributed by atoms with Gasteiger partial charge in [0.05, 0.1) is 0 Å². The molecule has 1 aromatic rings. The molecule has 0 saturated carbocycles. The molecule has 1 saturated heterocycles. The SMILES string of the molecule is COCCCCNCc1ccc(N2CCCC2)cc1. The topological polar surface area (TPSA) is 24.5 Å². The smallest absolute Gasteiger partial charge is 0.0462 e. The zero-order valence-electron chi connectivity index (χ0n) is 12.0. The Labute approximate surface area is 116 Å². The molecule has 2 rings (SSSR count). The Morgan fingerprint density at radius 2 is 1.84 bits per heavy atom. The number of nitrogens with one attached hydrogen (secondary N) is 1. The summed E-state index contributed by atoms with van der Waals surface area (Å²) in [6.07, 6.45) is 4.99. The first kappa shape index (κ1) is 14.4. The molecule has 0 spiro atoms. The molecule has 0 atom stereocenters. The Hall–Kier alpha value is -1.06. The Bertz CT molecular complexity index is 344. The van der Waals surface area contributed by atoms with Crippen LogP contribution in [0.1, 0.15) is 31.2 Å². The third kappa shape index (κ3) is 4.84. The van der Waals surface area contributed by atoms with Crippen molar-refractivity contribution in [1.82, 2.24) is 5.32 Å². The fourth-order valence-corrected chi connectivity index (χ4v) is 2.53. The molecule has 3 nitrogen and oxygen atoms in total. The average Bonchev–Trinajstić information content (AvgIpc) is 2.97. The molecule has 0 amide bonds. The zero-order chi connectivity index (χ0) is 13.3. The first-order valence-electron chi connectivity index (χ1n) is 7.44. The molecule has 1 heterocycles. The van der Waals surface area contributed by atoms with Gasteiger partial charge in [-0.2, -0.15) is 0 Å². The summed E-state index contributed by atoms with van der Waals surface area (Å²) in [5.74, 6) is 0. The molecule has 1 fully saturated rings. The number of methoxy groups -OCH3 is 1. The van der Waals surface area contributed by atoms with Crippen molar-refractivity contribution in [3.63, 3.8) is 0 Å². The molecule has 0 aliphatic carbocycles. The van der Waals surface area contributed by atoms with Gasteiger partial charge in [0.1, 0.15) is 0 Å². The van der Waals surface area contributed by atoms with Crippen molar-refractivity contribution in [2.24, 2.45) is 0 Å². The molecular formula is C16H26N2O. The molecule has 3 heteroatoms. The van der Waals surface area contributed by atoms with Crippen LogP contribution in [0.4, 0.5) is 5.69 Å². The molecule has 0 aromatic heterocycles. The monoisotopic (exact) mass is 262 g/mol. The molecule has 19 heavy (non-hydrogen) atoms. The molecule has 0 radical (unpaired) electrons. The van der Waals surface area contributed by atoms with Gasteiger partial charge in [-0.1, -0.05) is 12.1 Å². The predicted molar refractivity (Wildman–Crippen MR) is 80.7 cm³/mol. The van der Waals surface area contributed by atoms with Gasteiger partial charge in [-0.15, -0.1) is 0 Å². The maximum Gasteiger partial charge on any atom is 0.0462 e. The van der Waals surface area contributed by atoms with E-state index in [-0.39, 0.29) is 0 Å². The average molecular weight is 262 g/mol. The van der Waals surface area contributed by atoms with Crippen LogP contribution < -0.4 is 10.2 Å². The molecule has 0 bridgehead atoms. The quantitative estimate of drug-likeness (QED) is 0.729. The van der Waals surface area contributed by atoms with Crippen LogP contribution >= 0.6 is 0 Å². The summed E-state index contributed by atoms with van der Waals surface area (Å²) in [5.41, 5.74) is 2.75. The summed E-state index contributed by atoms with van der Waals surface area (Å²) in [5, 5.41) is 3.48. The molecule has 1 aliphatic rings. The minimum atomic E-state index is 0.867. The van der Waals surface area contributed by atoms with E-state index in [0.717, 1.165) is 26.1 Å². The Balaban J connectivity index is 1.67. The predicted octanol–water partition coefficient (Wildman–Crippen LogP) is 2.80. The number of ether oxygens (including phenoxy) is 1. The van der Waals surface area contributed by atoms with Crippen LogP contribution in [0.25, 0.3) is 0 Å². The number of rotatable bonds is 8. The third-order valence-electron chi connectivity index (χ3n) is 3.69. The fourth-order valence-electron chi connectivity index (χ4n) is 2.53. The lowest BCUT2D eigenvalue weighted by molar-refractivity contribution is 0.192. The summed E-state index contributed by atoms with van der Waals surface area (Å²) in [6, 6.07) is 9.01. The van der Waals surface area contributed by atoms with Gasteiger partial charge in [0.2, 0.25) is 0 Å². The second-order valence-electron chi connectivity index (χ2n) is 5.24. The summed E-state index contributed by atoms with van der Waals surface area (Å²) in [4.78, 5) is 2.47. The number of unbranched alkanes of at least 4 members (excludes halogenated alkanes) is 1. The van der Waals surface area contributed by atoms with Gasteiger partial charge in [-0.3, -0.25) is 0 Å². The number of anilines is 1. The highest BCUT2D eigenvalue weighted by atomic mass is 16.5. The summed E-state index contributed by atoms with van der Waals surface area (Å²) in [6.45, 7) is 5.34. The van der Waals surface area contributed by atoms with Gasteiger partial charge >= 0.3 is 0 Å². The lowest BCUT2D eigenvalue weighted by Gasteiger charge is -2.17. The highest BCUT2D eigenvalue weighted by molar-refractivity contribution is 5.48. The first-order chi connectivity index (χ1) is 9.40. The van der Waals surface area contributed by atoms with E-state index in [1.54, 1.807) is 7.11 Å². The van der Waals surface area contributed by atoms with Gasteiger partial charge in [-0.05, 0) is 49.9 Å².